The molecule has 0 amide bonds. The van der Waals surface area contributed by atoms with Crippen LogP contribution in [-0.4, -0.2) is 0 Å². The van der Waals surface area contributed by atoms with E-state index in [4.69, 9.17) is 5.26 Å². The maximum Gasteiger partial charge on any atom is 0.0689 e. The van der Waals surface area contributed by atoms with E-state index in [1.54, 1.807) is 0 Å². The molecule has 1 nitrogen and oxygen atoms in total. The molecule has 0 radical (unpaired) electrons. The molecule has 0 heterocycles. The summed E-state index contributed by atoms with van der Waals surface area (Å²) in [6.07, 6.45) is 4.24. The van der Waals surface area contributed by atoms with Crippen LogP contribution >= 0.6 is 15.9 Å². The van der Waals surface area contributed by atoms with Crippen LogP contribution in [0.5, 0.6) is 0 Å². The quantitative estimate of drug-likeness (QED) is 0.802. The zero-order chi connectivity index (χ0) is 10.0. The first-order valence-corrected chi connectivity index (χ1v) is 5.69. The highest BCUT2D eigenvalue weighted by molar-refractivity contribution is 9.10. The van der Waals surface area contributed by atoms with Gasteiger partial charge in [0.1, 0.15) is 0 Å². The molecule has 0 atom stereocenters. The van der Waals surface area contributed by atoms with Crippen molar-refractivity contribution in [2.75, 3.05) is 0 Å². The monoisotopic (exact) mass is 249 g/mol. The number of hydrogen-bond donors (Lipinski definition) is 0. The van der Waals surface area contributed by atoms with Gasteiger partial charge in [-0.3, -0.25) is 0 Å². The van der Waals surface area contributed by atoms with Crippen LogP contribution in [0.15, 0.2) is 28.7 Å². The highest BCUT2D eigenvalue weighted by Gasteiger charge is 2.42. The van der Waals surface area contributed by atoms with Crippen LogP contribution in [0.1, 0.15) is 24.8 Å². The predicted octanol–water partition coefficient (Wildman–Crippen LogP) is 3.69. The second kappa shape index (κ2) is 3.74. The van der Waals surface area contributed by atoms with E-state index in [9.17, 15) is 0 Å². The molecule has 2 rings (SSSR count). The molecule has 2 heteroatoms. The van der Waals surface area contributed by atoms with Gasteiger partial charge in [0, 0.05) is 4.47 Å². The van der Waals surface area contributed by atoms with Gasteiger partial charge in [-0.25, -0.2) is 0 Å². The Balaban J connectivity index is 1.93. The molecule has 0 aromatic heterocycles. The zero-order valence-corrected chi connectivity index (χ0v) is 9.55. The minimum Gasteiger partial charge on any atom is -0.198 e. The van der Waals surface area contributed by atoms with Crippen LogP contribution in [0.3, 0.4) is 0 Å². The van der Waals surface area contributed by atoms with Crippen LogP contribution in [0.2, 0.25) is 0 Å². The summed E-state index contributed by atoms with van der Waals surface area (Å²) in [4.78, 5) is 0. The Labute approximate surface area is 92.9 Å². The summed E-state index contributed by atoms with van der Waals surface area (Å²) in [7, 11) is 0. The van der Waals surface area contributed by atoms with Crippen molar-refractivity contribution in [1.29, 1.82) is 5.26 Å². The Hall–Kier alpha value is -0.810. The van der Waals surface area contributed by atoms with Gasteiger partial charge in [0.15, 0.2) is 0 Å². The Morgan fingerprint density at radius 1 is 1.29 bits per heavy atom. The van der Waals surface area contributed by atoms with Gasteiger partial charge in [0.2, 0.25) is 0 Å². The lowest BCUT2D eigenvalue weighted by molar-refractivity contribution is 0.597. The molecule has 0 unspecified atom stereocenters. The summed E-state index contributed by atoms with van der Waals surface area (Å²) in [5, 5.41) is 8.92. The van der Waals surface area contributed by atoms with E-state index in [2.05, 4.69) is 46.3 Å². The van der Waals surface area contributed by atoms with Crippen molar-refractivity contribution in [2.45, 2.75) is 25.7 Å². The van der Waals surface area contributed by atoms with Crippen molar-refractivity contribution < 1.29 is 0 Å². The van der Waals surface area contributed by atoms with Gasteiger partial charge in [0.25, 0.3) is 0 Å². The van der Waals surface area contributed by atoms with Gasteiger partial charge >= 0.3 is 0 Å². The first kappa shape index (κ1) is 9.73. The normalized spacial score (nSPS) is 17.4. The van der Waals surface area contributed by atoms with E-state index in [0.29, 0.717) is 0 Å². The molecule has 1 saturated carbocycles. The molecule has 1 aromatic rings. The minimum absolute atomic E-state index is 0.0348. The zero-order valence-electron chi connectivity index (χ0n) is 7.96. The first-order valence-electron chi connectivity index (χ1n) is 4.90. The van der Waals surface area contributed by atoms with Gasteiger partial charge in [-0.05, 0) is 43.4 Å². The number of nitrogens with zero attached hydrogens (tertiary/aromatic N) is 1. The Morgan fingerprint density at radius 3 is 2.43 bits per heavy atom. The molecule has 72 valence electrons. The highest BCUT2D eigenvalue weighted by atomic mass is 79.9. The SMILES string of the molecule is N#CC1(CCc2ccc(Br)cc2)CC1. The lowest BCUT2D eigenvalue weighted by atomic mass is 9.98. The van der Waals surface area contributed by atoms with E-state index in [0.717, 1.165) is 30.2 Å². The van der Waals surface area contributed by atoms with Gasteiger partial charge in [-0.1, -0.05) is 28.1 Å². The molecular formula is C12H12BrN. The van der Waals surface area contributed by atoms with Crippen molar-refractivity contribution in [3.05, 3.63) is 34.3 Å². The highest BCUT2D eigenvalue weighted by Crippen LogP contribution is 2.48. The van der Waals surface area contributed by atoms with Crippen molar-refractivity contribution >= 4 is 15.9 Å². The van der Waals surface area contributed by atoms with E-state index < -0.39 is 0 Å². The third-order valence-electron chi connectivity index (χ3n) is 2.90. The number of benzene rings is 1. The van der Waals surface area contributed by atoms with Crippen molar-refractivity contribution in [3.8, 4) is 6.07 Å². The summed E-state index contributed by atoms with van der Waals surface area (Å²) in [5.74, 6) is 0. The summed E-state index contributed by atoms with van der Waals surface area (Å²) >= 11 is 3.41. The average molecular weight is 250 g/mol. The average Bonchev–Trinajstić information content (AvgIpc) is 2.98. The van der Waals surface area contributed by atoms with E-state index in [1.807, 2.05) is 0 Å². The van der Waals surface area contributed by atoms with Gasteiger partial charge in [0.05, 0.1) is 11.5 Å². The van der Waals surface area contributed by atoms with Gasteiger partial charge in [-0.15, -0.1) is 0 Å². The number of aryl methyl sites for hydroxylation is 1. The molecule has 0 bridgehead atoms. The van der Waals surface area contributed by atoms with Crippen LogP contribution in [0.25, 0.3) is 0 Å². The summed E-state index contributed by atoms with van der Waals surface area (Å²) in [5.41, 5.74) is 1.36. The molecule has 0 aliphatic heterocycles. The molecule has 14 heavy (non-hydrogen) atoms. The molecule has 1 aliphatic carbocycles. The standard InChI is InChI=1S/C12H12BrN/c13-11-3-1-10(2-4-11)5-6-12(9-14)7-8-12/h1-4H,5-8H2. The van der Waals surface area contributed by atoms with Crippen LogP contribution in [0.4, 0.5) is 0 Å². The molecule has 1 aliphatic rings. The fourth-order valence-corrected chi connectivity index (χ4v) is 1.87. The molecule has 0 N–H and O–H groups in total. The third-order valence-corrected chi connectivity index (χ3v) is 3.42. The van der Waals surface area contributed by atoms with Crippen molar-refractivity contribution in [3.63, 3.8) is 0 Å². The lowest BCUT2D eigenvalue weighted by Crippen LogP contribution is -1.98. The van der Waals surface area contributed by atoms with Crippen molar-refractivity contribution in [1.82, 2.24) is 0 Å². The summed E-state index contributed by atoms with van der Waals surface area (Å²) in [6, 6.07) is 10.8. The van der Waals surface area contributed by atoms with E-state index >= 15 is 0 Å². The topological polar surface area (TPSA) is 23.8 Å². The number of rotatable bonds is 3. The Kier molecular flexibility index (Phi) is 2.60. The molecule has 1 aromatic carbocycles. The molecule has 0 spiro atoms. The number of halogens is 1. The molecule has 1 fully saturated rings. The number of nitriles is 1. The molecule has 0 saturated heterocycles. The molecular weight excluding hydrogens is 238 g/mol. The smallest absolute Gasteiger partial charge is 0.0689 e. The van der Waals surface area contributed by atoms with Crippen LogP contribution in [0, 0.1) is 16.7 Å². The maximum absolute atomic E-state index is 8.92. The fourth-order valence-electron chi connectivity index (χ4n) is 1.60. The Bertz CT molecular complexity index is 357. The maximum atomic E-state index is 8.92. The van der Waals surface area contributed by atoms with Gasteiger partial charge < -0.3 is 0 Å². The van der Waals surface area contributed by atoms with E-state index in [1.165, 1.54) is 5.56 Å². The van der Waals surface area contributed by atoms with Crippen molar-refractivity contribution in [2.24, 2.45) is 5.41 Å². The fraction of sp³-hybridized carbons (Fsp3) is 0.417. The largest absolute Gasteiger partial charge is 0.198 e. The third kappa shape index (κ3) is 2.16. The number of hydrogen-bond acceptors (Lipinski definition) is 1. The minimum atomic E-state index is 0.0348. The van der Waals surface area contributed by atoms with Crippen LogP contribution < -0.4 is 0 Å². The predicted molar refractivity (Wildman–Crippen MR) is 59.7 cm³/mol. The first-order chi connectivity index (χ1) is 6.74. The second-order valence-corrected chi connectivity index (χ2v) is 4.93. The van der Waals surface area contributed by atoms with Crippen LogP contribution in [-0.2, 0) is 6.42 Å². The van der Waals surface area contributed by atoms with E-state index in [-0.39, 0.29) is 5.41 Å². The summed E-state index contributed by atoms with van der Waals surface area (Å²) < 4.78 is 1.11. The Morgan fingerprint density at radius 2 is 1.93 bits per heavy atom. The van der Waals surface area contributed by atoms with Gasteiger partial charge in [-0.2, -0.15) is 5.26 Å². The lowest BCUT2D eigenvalue weighted by Gasteiger charge is -2.05. The second-order valence-electron chi connectivity index (χ2n) is 4.02. The summed E-state index contributed by atoms with van der Waals surface area (Å²) in [6.45, 7) is 0.